The highest BCUT2D eigenvalue weighted by atomic mass is 28.4. The van der Waals surface area contributed by atoms with Gasteiger partial charge in [0.05, 0.1) is 12.6 Å². The maximum absolute atomic E-state index is 12.0. The molecule has 2 aromatic carbocycles. The van der Waals surface area contributed by atoms with Gasteiger partial charge in [-0.15, -0.1) is 0 Å². The maximum atomic E-state index is 12.0. The van der Waals surface area contributed by atoms with E-state index in [-0.39, 0.29) is 17.7 Å². The molecule has 0 saturated carbocycles. The van der Waals surface area contributed by atoms with E-state index in [2.05, 4.69) is 74.6 Å². The number of carbonyl (C=O) groups is 1. The number of aliphatic hydroxyl groups excluding tert-OH is 1. The van der Waals surface area contributed by atoms with Gasteiger partial charge in [-0.25, -0.2) is 4.79 Å². The lowest BCUT2D eigenvalue weighted by Crippen LogP contribution is -2.66. The number of unbranched alkanes of at least 4 members (excludes halogenated alkanes) is 1. The van der Waals surface area contributed by atoms with Gasteiger partial charge in [0, 0.05) is 6.61 Å². The zero-order valence-corrected chi connectivity index (χ0v) is 22.1. The molecule has 2 N–H and O–H groups in total. The van der Waals surface area contributed by atoms with Crippen LogP contribution in [0.25, 0.3) is 0 Å². The molecule has 0 spiro atoms. The molecule has 0 radical (unpaired) electrons. The van der Waals surface area contributed by atoms with E-state index in [9.17, 15) is 9.90 Å². The SMILES string of the molecule is CC(C)(C)OC(=O)NC(CO)CCCCO[Si](c1ccccc1)(c1ccccc1)C(C)(C)C. The standard InChI is InChI=1S/C27H41NO4Si/c1-26(2,3)32-25(30)28-22(21-29)15-13-14-20-31-33(27(4,5)6,23-16-9-7-10-17-23)24-18-11-8-12-19-24/h7-12,16-19,22,29H,13-15,20-21H2,1-6H3,(H,28,30). The Bertz CT molecular complexity index is 804. The quantitative estimate of drug-likeness (QED) is 0.392. The van der Waals surface area contributed by atoms with Gasteiger partial charge in [0.2, 0.25) is 0 Å². The average molecular weight is 472 g/mol. The van der Waals surface area contributed by atoms with Crippen LogP contribution in [0.15, 0.2) is 60.7 Å². The summed E-state index contributed by atoms with van der Waals surface area (Å²) in [6, 6.07) is 20.9. The van der Waals surface area contributed by atoms with Crippen molar-refractivity contribution in [1.82, 2.24) is 5.32 Å². The molecule has 0 saturated heterocycles. The molecule has 0 aliphatic carbocycles. The number of amides is 1. The number of alkyl carbamates (subject to hydrolysis) is 1. The van der Waals surface area contributed by atoms with E-state index < -0.39 is 20.0 Å². The van der Waals surface area contributed by atoms with E-state index in [0.717, 1.165) is 12.8 Å². The topological polar surface area (TPSA) is 67.8 Å². The summed E-state index contributed by atoms with van der Waals surface area (Å²) >= 11 is 0. The van der Waals surface area contributed by atoms with Crippen LogP contribution in [0.1, 0.15) is 60.8 Å². The largest absolute Gasteiger partial charge is 0.444 e. The van der Waals surface area contributed by atoms with Crippen molar-refractivity contribution in [3.63, 3.8) is 0 Å². The number of aliphatic hydroxyl groups is 1. The first-order valence-electron chi connectivity index (χ1n) is 11.8. The van der Waals surface area contributed by atoms with Gasteiger partial charge in [0.1, 0.15) is 5.60 Å². The molecule has 5 nitrogen and oxygen atoms in total. The van der Waals surface area contributed by atoms with Crippen LogP contribution < -0.4 is 15.7 Å². The number of ether oxygens (including phenoxy) is 1. The highest BCUT2D eigenvalue weighted by Crippen LogP contribution is 2.36. The first kappa shape index (κ1) is 27.1. The van der Waals surface area contributed by atoms with E-state index in [1.54, 1.807) is 0 Å². The van der Waals surface area contributed by atoms with Crippen molar-refractivity contribution in [1.29, 1.82) is 0 Å². The smallest absolute Gasteiger partial charge is 0.407 e. The number of rotatable bonds is 10. The van der Waals surface area contributed by atoms with Gasteiger partial charge in [-0.3, -0.25) is 0 Å². The second-order valence-corrected chi connectivity index (χ2v) is 14.8. The molecule has 0 bridgehead atoms. The summed E-state index contributed by atoms with van der Waals surface area (Å²) < 4.78 is 12.2. The molecule has 1 atom stereocenters. The van der Waals surface area contributed by atoms with Crippen molar-refractivity contribution in [2.75, 3.05) is 13.2 Å². The summed E-state index contributed by atoms with van der Waals surface area (Å²) in [7, 11) is -2.53. The molecule has 33 heavy (non-hydrogen) atoms. The van der Waals surface area contributed by atoms with Crippen LogP contribution in [0.3, 0.4) is 0 Å². The third kappa shape index (κ3) is 7.69. The summed E-state index contributed by atoms with van der Waals surface area (Å²) in [4.78, 5) is 12.0. The number of hydrogen-bond acceptors (Lipinski definition) is 4. The maximum Gasteiger partial charge on any atom is 0.407 e. The molecule has 1 unspecified atom stereocenters. The molecule has 0 aliphatic rings. The highest BCUT2D eigenvalue weighted by Gasteiger charge is 2.49. The Morgan fingerprint density at radius 1 is 0.909 bits per heavy atom. The Balaban J connectivity index is 2.06. The lowest BCUT2D eigenvalue weighted by molar-refractivity contribution is 0.0478. The Kier molecular flexibility index (Phi) is 9.70. The minimum absolute atomic E-state index is 0.0540. The molecule has 182 valence electrons. The lowest BCUT2D eigenvalue weighted by atomic mass is 10.1. The number of carbonyl (C=O) groups excluding carboxylic acids is 1. The van der Waals surface area contributed by atoms with Crippen LogP contribution in [0.2, 0.25) is 5.04 Å². The van der Waals surface area contributed by atoms with Crippen LogP contribution >= 0.6 is 0 Å². The predicted octanol–water partition coefficient (Wildman–Crippen LogP) is 4.62. The summed E-state index contributed by atoms with van der Waals surface area (Å²) in [5, 5.41) is 14.9. The summed E-state index contributed by atoms with van der Waals surface area (Å²) in [6.07, 6.45) is 1.85. The summed E-state index contributed by atoms with van der Waals surface area (Å²) in [5.74, 6) is 0. The molecule has 0 fully saturated rings. The van der Waals surface area contributed by atoms with Crippen LogP contribution in [0.4, 0.5) is 4.79 Å². The normalized spacial score (nSPS) is 13.4. The van der Waals surface area contributed by atoms with Gasteiger partial charge < -0.3 is 19.6 Å². The van der Waals surface area contributed by atoms with E-state index >= 15 is 0 Å². The van der Waals surface area contributed by atoms with Crippen molar-refractivity contribution in [3.05, 3.63) is 60.7 Å². The fourth-order valence-electron chi connectivity index (χ4n) is 4.16. The van der Waals surface area contributed by atoms with Crippen LogP contribution in [-0.2, 0) is 9.16 Å². The first-order chi connectivity index (χ1) is 15.5. The molecule has 2 aromatic rings. The second-order valence-electron chi connectivity index (χ2n) is 10.5. The van der Waals surface area contributed by atoms with Gasteiger partial charge in [0.15, 0.2) is 0 Å². The van der Waals surface area contributed by atoms with E-state index in [4.69, 9.17) is 9.16 Å². The van der Waals surface area contributed by atoms with E-state index in [0.29, 0.717) is 13.0 Å². The molecule has 6 heteroatoms. The van der Waals surface area contributed by atoms with E-state index in [1.165, 1.54) is 10.4 Å². The van der Waals surface area contributed by atoms with Gasteiger partial charge in [-0.1, -0.05) is 81.4 Å². The van der Waals surface area contributed by atoms with Crippen LogP contribution in [0.5, 0.6) is 0 Å². The zero-order valence-electron chi connectivity index (χ0n) is 21.1. The zero-order chi connectivity index (χ0) is 24.5. The number of nitrogens with one attached hydrogen (secondary N) is 1. The molecule has 1 amide bonds. The summed E-state index contributed by atoms with van der Waals surface area (Å²) in [6.45, 7) is 12.8. The molecule has 0 heterocycles. The molecule has 0 aliphatic heterocycles. The Labute approximate surface area is 200 Å². The van der Waals surface area contributed by atoms with Crippen molar-refractivity contribution in [3.8, 4) is 0 Å². The predicted molar refractivity (Wildman–Crippen MR) is 138 cm³/mol. The second kappa shape index (κ2) is 11.8. The first-order valence-corrected chi connectivity index (χ1v) is 13.8. The van der Waals surface area contributed by atoms with Crippen molar-refractivity contribution >= 4 is 24.8 Å². The number of benzene rings is 2. The van der Waals surface area contributed by atoms with E-state index in [1.807, 2.05) is 32.9 Å². The fourth-order valence-corrected chi connectivity index (χ4v) is 8.77. The van der Waals surface area contributed by atoms with Gasteiger partial charge in [0.25, 0.3) is 8.32 Å². The Morgan fingerprint density at radius 3 is 1.85 bits per heavy atom. The van der Waals surface area contributed by atoms with Crippen LogP contribution in [-0.4, -0.2) is 44.4 Å². The minimum Gasteiger partial charge on any atom is -0.444 e. The van der Waals surface area contributed by atoms with Crippen LogP contribution in [0, 0.1) is 0 Å². The van der Waals surface area contributed by atoms with Crippen molar-refractivity contribution in [2.45, 2.75) is 77.5 Å². The van der Waals surface area contributed by atoms with Crippen molar-refractivity contribution in [2.24, 2.45) is 0 Å². The molecular formula is C27H41NO4Si. The monoisotopic (exact) mass is 471 g/mol. The summed E-state index contributed by atoms with van der Waals surface area (Å²) in [5.41, 5.74) is -0.562. The minimum atomic E-state index is -2.53. The van der Waals surface area contributed by atoms with Crippen molar-refractivity contribution < 1.29 is 19.1 Å². The number of hydrogen-bond donors (Lipinski definition) is 2. The molecular weight excluding hydrogens is 430 g/mol. The average Bonchev–Trinajstić information content (AvgIpc) is 2.74. The molecule has 0 aromatic heterocycles. The van der Waals surface area contributed by atoms with Gasteiger partial charge in [-0.2, -0.15) is 0 Å². The highest BCUT2D eigenvalue weighted by molar-refractivity contribution is 6.99. The fraction of sp³-hybridized carbons (Fsp3) is 0.519. The van der Waals surface area contributed by atoms with Gasteiger partial charge >= 0.3 is 6.09 Å². The molecule has 2 rings (SSSR count). The Hall–Kier alpha value is -2.15. The van der Waals surface area contributed by atoms with Gasteiger partial charge in [-0.05, 0) is 55.4 Å². The third-order valence-electron chi connectivity index (χ3n) is 5.62. The lowest BCUT2D eigenvalue weighted by Gasteiger charge is -2.43. The Morgan fingerprint density at radius 2 is 1.42 bits per heavy atom. The third-order valence-corrected chi connectivity index (χ3v) is 10.7.